The summed E-state index contributed by atoms with van der Waals surface area (Å²) in [6, 6.07) is 26.7. The Balaban J connectivity index is 1.49. The molecule has 7 nitrogen and oxygen atoms in total. The SMILES string of the molecule is COc1ccc(CCN(Cc2ccco2)C(=O)CN(C(=O)c2ccc(-c3ccccc3)cc2)C(C)C)cc1OC. The highest BCUT2D eigenvalue weighted by Gasteiger charge is 2.25. The molecule has 0 radical (unpaired) electrons. The minimum Gasteiger partial charge on any atom is -0.493 e. The first-order valence-electron chi connectivity index (χ1n) is 13.4. The molecule has 0 bridgehead atoms. The Kier molecular flexibility index (Phi) is 9.62. The summed E-state index contributed by atoms with van der Waals surface area (Å²) in [5.41, 5.74) is 3.67. The third kappa shape index (κ3) is 7.11. The summed E-state index contributed by atoms with van der Waals surface area (Å²) in [6.45, 7) is 4.56. The molecule has 1 heterocycles. The molecule has 0 N–H and O–H groups in total. The predicted molar refractivity (Wildman–Crippen MR) is 155 cm³/mol. The number of ether oxygens (including phenoxy) is 2. The first kappa shape index (κ1) is 28.5. The quantitative estimate of drug-likeness (QED) is 0.218. The minimum absolute atomic E-state index is 0.0381. The number of hydrogen-bond acceptors (Lipinski definition) is 5. The van der Waals surface area contributed by atoms with E-state index in [9.17, 15) is 9.59 Å². The molecule has 0 atom stereocenters. The Bertz CT molecular complexity index is 1380. The van der Waals surface area contributed by atoms with Gasteiger partial charge >= 0.3 is 0 Å². The monoisotopic (exact) mass is 540 g/mol. The van der Waals surface area contributed by atoms with Gasteiger partial charge in [0.1, 0.15) is 12.3 Å². The van der Waals surface area contributed by atoms with Crippen molar-refractivity contribution in [2.75, 3.05) is 27.3 Å². The molecule has 0 fully saturated rings. The van der Waals surface area contributed by atoms with Crippen LogP contribution in [0.2, 0.25) is 0 Å². The molecule has 0 spiro atoms. The summed E-state index contributed by atoms with van der Waals surface area (Å²) >= 11 is 0. The van der Waals surface area contributed by atoms with E-state index in [1.54, 1.807) is 36.3 Å². The van der Waals surface area contributed by atoms with E-state index in [0.717, 1.165) is 16.7 Å². The number of benzene rings is 3. The molecule has 0 aliphatic rings. The van der Waals surface area contributed by atoms with Gasteiger partial charge in [-0.05, 0) is 73.4 Å². The number of amides is 2. The summed E-state index contributed by atoms with van der Waals surface area (Å²) in [4.78, 5) is 30.5. The van der Waals surface area contributed by atoms with Gasteiger partial charge in [-0.1, -0.05) is 48.5 Å². The molecule has 2 amide bonds. The number of furan rings is 1. The van der Waals surface area contributed by atoms with Crippen molar-refractivity contribution in [3.05, 3.63) is 108 Å². The van der Waals surface area contributed by atoms with Gasteiger partial charge < -0.3 is 23.7 Å². The van der Waals surface area contributed by atoms with E-state index >= 15 is 0 Å². The first-order valence-corrected chi connectivity index (χ1v) is 13.4. The zero-order chi connectivity index (χ0) is 28.5. The van der Waals surface area contributed by atoms with Gasteiger partial charge in [0, 0.05) is 18.2 Å². The summed E-state index contributed by atoms with van der Waals surface area (Å²) < 4.78 is 16.3. The highest BCUT2D eigenvalue weighted by molar-refractivity contribution is 5.97. The van der Waals surface area contributed by atoms with E-state index < -0.39 is 0 Å². The predicted octanol–water partition coefficient (Wildman–Crippen LogP) is 6.09. The van der Waals surface area contributed by atoms with Crippen LogP contribution in [-0.4, -0.2) is 55.0 Å². The molecule has 7 heteroatoms. The molecule has 0 unspecified atom stereocenters. The molecule has 3 aromatic carbocycles. The maximum atomic E-state index is 13.6. The van der Waals surface area contributed by atoms with Crippen molar-refractivity contribution in [1.29, 1.82) is 0 Å². The van der Waals surface area contributed by atoms with E-state index in [-0.39, 0.29) is 24.4 Å². The molecule has 0 saturated carbocycles. The van der Waals surface area contributed by atoms with Crippen LogP contribution < -0.4 is 9.47 Å². The lowest BCUT2D eigenvalue weighted by molar-refractivity contribution is -0.133. The summed E-state index contributed by atoms with van der Waals surface area (Å²) in [6.07, 6.45) is 2.19. The Labute approximate surface area is 235 Å². The average Bonchev–Trinajstić information content (AvgIpc) is 3.51. The van der Waals surface area contributed by atoms with Crippen molar-refractivity contribution >= 4 is 11.8 Å². The van der Waals surface area contributed by atoms with Crippen LogP contribution in [0.1, 0.15) is 35.5 Å². The summed E-state index contributed by atoms with van der Waals surface area (Å²) in [5.74, 6) is 1.64. The second-order valence-electron chi connectivity index (χ2n) is 9.80. The van der Waals surface area contributed by atoms with Crippen LogP contribution in [0, 0.1) is 0 Å². The van der Waals surface area contributed by atoms with E-state index in [2.05, 4.69) is 0 Å². The summed E-state index contributed by atoms with van der Waals surface area (Å²) in [7, 11) is 3.20. The maximum Gasteiger partial charge on any atom is 0.254 e. The highest BCUT2D eigenvalue weighted by atomic mass is 16.5. The number of methoxy groups -OCH3 is 2. The van der Waals surface area contributed by atoms with Gasteiger partial charge in [0.25, 0.3) is 5.91 Å². The zero-order valence-electron chi connectivity index (χ0n) is 23.5. The van der Waals surface area contributed by atoms with Crippen LogP contribution in [0.5, 0.6) is 11.5 Å². The van der Waals surface area contributed by atoms with Crippen LogP contribution in [-0.2, 0) is 17.8 Å². The lowest BCUT2D eigenvalue weighted by atomic mass is 10.0. The molecule has 0 aliphatic heterocycles. The fraction of sp³-hybridized carbons (Fsp3) is 0.273. The normalized spacial score (nSPS) is 10.8. The molecule has 0 saturated heterocycles. The van der Waals surface area contributed by atoms with Crippen LogP contribution in [0.4, 0.5) is 0 Å². The maximum absolute atomic E-state index is 13.6. The Morgan fingerprint density at radius 3 is 2.15 bits per heavy atom. The van der Waals surface area contributed by atoms with E-state index in [4.69, 9.17) is 13.9 Å². The Morgan fingerprint density at radius 2 is 1.52 bits per heavy atom. The van der Waals surface area contributed by atoms with Crippen molar-refractivity contribution in [2.24, 2.45) is 0 Å². The molecule has 0 aliphatic carbocycles. The Morgan fingerprint density at radius 1 is 0.825 bits per heavy atom. The van der Waals surface area contributed by atoms with Crippen molar-refractivity contribution in [2.45, 2.75) is 32.9 Å². The lowest BCUT2D eigenvalue weighted by Gasteiger charge is -2.30. The van der Waals surface area contributed by atoms with E-state index in [1.165, 1.54) is 0 Å². The zero-order valence-corrected chi connectivity index (χ0v) is 23.5. The van der Waals surface area contributed by atoms with Gasteiger partial charge in [-0.25, -0.2) is 0 Å². The van der Waals surface area contributed by atoms with Gasteiger partial charge in [0.05, 0.1) is 27.0 Å². The standard InChI is InChI=1S/C33H36N2O5/c1-24(2)35(33(37)28-15-13-27(14-16-28)26-9-6-5-7-10-26)23-32(36)34(22-29-11-8-20-40-29)19-18-25-12-17-30(38-3)31(21-25)39-4/h5-17,20-21,24H,18-19,22-23H2,1-4H3. The van der Waals surface area contributed by atoms with Crippen LogP contribution in [0.25, 0.3) is 11.1 Å². The molecule has 4 aromatic rings. The number of carbonyl (C=O) groups is 2. The smallest absolute Gasteiger partial charge is 0.254 e. The fourth-order valence-electron chi connectivity index (χ4n) is 4.52. The topological polar surface area (TPSA) is 72.2 Å². The fourth-order valence-corrected chi connectivity index (χ4v) is 4.52. The van der Waals surface area contributed by atoms with Gasteiger partial charge in [0.15, 0.2) is 11.5 Å². The molecule has 208 valence electrons. The van der Waals surface area contributed by atoms with Gasteiger partial charge in [0.2, 0.25) is 5.91 Å². The average molecular weight is 541 g/mol. The lowest BCUT2D eigenvalue weighted by Crippen LogP contribution is -2.46. The second-order valence-corrected chi connectivity index (χ2v) is 9.80. The molecule has 4 rings (SSSR count). The number of rotatable bonds is 12. The number of carbonyl (C=O) groups excluding carboxylic acids is 2. The largest absolute Gasteiger partial charge is 0.493 e. The molecule has 1 aromatic heterocycles. The van der Waals surface area contributed by atoms with E-state index in [1.807, 2.05) is 92.7 Å². The van der Waals surface area contributed by atoms with Gasteiger partial charge in [-0.2, -0.15) is 0 Å². The van der Waals surface area contributed by atoms with Crippen LogP contribution in [0.3, 0.4) is 0 Å². The van der Waals surface area contributed by atoms with E-state index in [0.29, 0.717) is 42.3 Å². The Hall–Kier alpha value is -4.52. The van der Waals surface area contributed by atoms with Crippen molar-refractivity contribution in [3.8, 4) is 22.6 Å². The second kappa shape index (κ2) is 13.5. The first-order chi connectivity index (χ1) is 19.4. The molecular weight excluding hydrogens is 504 g/mol. The summed E-state index contributed by atoms with van der Waals surface area (Å²) in [5, 5.41) is 0. The minimum atomic E-state index is -0.180. The van der Waals surface area contributed by atoms with Crippen molar-refractivity contribution in [1.82, 2.24) is 9.80 Å². The van der Waals surface area contributed by atoms with Crippen LogP contribution in [0.15, 0.2) is 95.6 Å². The van der Waals surface area contributed by atoms with Crippen molar-refractivity contribution < 1.29 is 23.5 Å². The highest BCUT2D eigenvalue weighted by Crippen LogP contribution is 2.28. The number of hydrogen-bond donors (Lipinski definition) is 0. The van der Waals surface area contributed by atoms with Gasteiger partial charge in [-0.3, -0.25) is 9.59 Å². The number of nitrogens with zero attached hydrogens (tertiary/aromatic N) is 2. The third-order valence-corrected chi connectivity index (χ3v) is 6.83. The van der Waals surface area contributed by atoms with Crippen molar-refractivity contribution in [3.63, 3.8) is 0 Å². The molecule has 40 heavy (non-hydrogen) atoms. The van der Waals surface area contributed by atoms with Gasteiger partial charge in [-0.15, -0.1) is 0 Å². The van der Waals surface area contributed by atoms with Crippen LogP contribution >= 0.6 is 0 Å². The third-order valence-electron chi connectivity index (χ3n) is 6.83. The molecular formula is C33H36N2O5.